The van der Waals surface area contributed by atoms with Gasteiger partial charge in [-0.15, -0.1) is 11.8 Å². The lowest BCUT2D eigenvalue weighted by Gasteiger charge is -2.07. The van der Waals surface area contributed by atoms with Gasteiger partial charge in [0, 0.05) is 9.37 Å². The van der Waals surface area contributed by atoms with Crippen LogP contribution < -0.4 is 0 Å². The van der Waals surface area contributed by atoms with Crippen LogP contribution in [0.2, 0.25) is 0 Å². The molecule has 2 rings (SSSR count). The number of carboxylic acids is 1. The Morgan fingerprint density at radius 3 is 2.50 bits per heavy atom. The van der Waals surface area contributed by atoms with Gasteiger partial charge in [-0.25, -0.2) is 14.8 Å². The predicted molar refractivity (Wildman–Crippen MR) is 82.2 cm³/mol. The van der Waals surface area contributed by atoms with Gasteiger partial charge in [0.1, 0.15) is 11.4 Å². The fourth-order valence-electron chi connectivity index (χ4n) is 1.86. The molecular weight excluding hydrogens is 340 g/mol. The molecule has 0 bridgehead atoms. The van der Waals surface area contributed by atoms with Gasteiger partial charge in [-0.3, -0.25) is 0 Å². The maximum atomic E-state index is 11.1. The number of aryl methyl sites for hydroxylation is 2. The fourth-order valence-corrected chi connectivity index (χ4v) is 3.23. The quantitative estimate of drug-likeness (QED) is 0.846. The number of benzene rings is 1. The van der Waals surface area contributed by atoms with Gasteiger partial charge in [-0.05, 0) is 32.0 Å². The topological polar surface area (TPSA) is 63.1 Å². The number of thioether (sulfide) groups is 1. The molecule has 0 saturated heterocycles. The minimum Gasteiger partial charge on any atom is -0.478 e. The molecule has 1 heterocycles. The zero-order valence-corrected chi connectivity index (χ0v) is 13.5. The van der Waals surface area contributed by atoms with Crippen molar-refractivity contribution in [1.29, 1.82) is 0 Å². The van der Waals surface area contributed by atoms with Gasteiger partial charge in [0.25, 0.3) is 0 Å². The molecule has 1 aromatic carbocycles. The lowest BCUT2D eigenvalue weighted by Crippen LogP contribution is -2.09. The molecule has 104 valence electrons. The largest absolute Gasteiger partial charge is 0.478 e. The minimum atomic E-state index is -0.980. The smallest absolute Gasteiger partial charge is 0.339 e. The van der Waals surface area contributed by atoms with Crippen LogP contribution >= 0.6 is 27.7 Å². The van der Waals surface area contributed by atoms with Crippen LogP contribution in [0.4, 0.5) is 0 Å². The number of nitrogens with zero attached hydrogens (tertiary/aromatic N) is 2. The van der Waals surface area contributed by atoms with E-state index in [0.29, 0.717) is 23.0 Å². The third-order valence-corrected chi connectivity index (χ3v) is 4.18. The van der Waals surface area contributed by atoms with Crippen LogP contribution in [0.1, 0.15) is 27.6 Å². The maximum absolute atomic E-state index is 11.1. The highest BCUT2D eigenvalue weighted by Crippen LogP contribution is 2.24. The number of carbonyl (C=O) groups is 1. The van der Waals surface area contributed by atoms with Crippen LogP contribution in [0, 0.1) is 13.8 Å². The number of aromatic carboxylic acids is 1. The molecule has 0 amide bonds. The summed E-state index contributed by atoms with van der Waals surface area (Å²) >= 11 is 5.04. The van der Waals surface area contributed by atoms with Crippen molar-refractivity contribution in [1.82, 2.24) is 9.97 Å². The second kappa shape index (κ2) is 6.37. The first-order valence-corrected chi connectivity index (χ1v) is 7.71. The molecule has 2 aromatic rings. The average molecular weight is 353 g/mol. The Labute approximate surface area is 129 Å². The summed E-state index contributed by atoms with van der Waals surface area (Å²) in [4.78, 5) is 20.7. The van der Waals surface area contributed by atoms with E-state index >= 15 is 0 Å². The van der Waals surface area contributed by atoms with Crippen molar-refractivity contribution in [2.45, 2.75) is 24.5 Å². The highest BCUT2D eigenvalue weighted by Gasteiger charge is 2.14. The van der Waals surface area contributed by atoms with Gasteiger partial charge in [-0.1, -0.05) is 22.0 Å². The van der Waals surface area contributed by atoms with E-state index in [4.69, 9.17) is 5.11 Å². The van der Waals surface area contributed by atoms with Gasteiger partial charge in [-0.2, -0.15) is 0 Å². The average Bonchev–Trinajstić information content (AvgIpc) is 2.35. The molecule has 0 aliphatic heterocycles. The first-order valence-electron chi connectivity index (χ1n) is 5.93. The number of hydrogen-bond acceptors (Lipinski definition) is 4. The van der Waals surface area contributed by atoms with Crippen molar-refractivity contribution in [3.8, 4) is 0 Å². The number of rotatable bonds is 4. The molecule has 0 unspecified atom stereocenters. The van der Waals surface area contributed by atoms with E-state index in [9.17, 15) is 4.79 Å². The van der Waals surface area contributed by atoms with E-state index in [1.807, 2.05) is 24.3 Å². The maximum Gasteiger partial charge on any atom is 0.339 e. The molecule has 0 saturated carbocycles. The molecule has 1 N–H and O–H groups in total. The van der Waals surface area contributed by atoms with Gasteiger partial charge in [0.15, 0.2) is 0 Å². The molecule has 4 nitrogen and oxygen atoms in total. The molecule has 20 heavy (non-hydrogen) atoms. The van der Waals surface area contributed by atoms with Gasteiger partial charge >= 0.3 is 5.97 Å². The van der Waals surface area contributed by atoms with Crippen molar-refractivity contribution in [3.63, 3.8) is 0 Å². The third-order valence-electron chi connectivity index (χ3n) is 2.70. The number of aromatic nitrogens is 2. The van der Waals surface area contributed by atoms with E-state index in [1.165, 1.54) is 0 Å². The molecule has 6 heteroatoms. The number of hydrogen-bond donors (Lipinski definition) is 1. The Morgan fingerprint density at radius 2 is 1.95 bits per heavy atom. The van der Waals surface area contributed by atoms with Crippen LogP contribution in [0.15, 0.2) is 33.6 Å². The van der Waals surface area contributed by atoms with Crippen LogP contribution in [-0.2, 0) is 5.75 Å². The summed E-state index contributed by atoms with van der Waals surface area (Å²) in [7, 11) is 0. The Kier molecular flexibility index (Phi) is 4.77. The molecule has 0 aliphatic rings. The van der Waals surface area contributed by atoms with Crippen LogP contribution in [-0.4, -0.2) is 21.0 Å². The summed E-state index contributed by atoms with van der Waals surface area (Å²) in [6, 6.07) is 7.98. The zero-order chi connectivity index (χ0) is 14.7. The standard InChI is InChI=1S/C14H13BrN2O2S/c1-8-13(14(18)19)9(2)17-12(16-8)7-20-11-5-3-4-10(15)6-11/h3-6H,7H2,1-2H3,(H,18,19). The first kappa shape index (κ1) is 15.0. The zero-order valence-electron chi connectivity index (χ0n) is 11.1. The summed E-state index contributed by atoms with van der Waals surface area (Å²) < 4.78 is 1.03. The van der Waals surface area contributed by atoms with Crippen molar-refractivity contribution in [2.24, 2.45) is 0 Å². The van der Waals surface area contributed by atoms with Gasteiger partial charge in [0.2, 0.25) is 0 Å². The van der Waals surface area contributed by atoms with Crippen LogP contribution in [0.3, 0.4) is 0 Å². The molecule has 0 radical (unpaired) electrons. The second-order valence-electron chi connectivity index (χ2n) is 4.24. The van der Waals surface area contributed by atoms with Gasteiger partial charge in [0.05, 0.1) is 17.1 Å². The highest BCUT2D eigenvalue weighted by atomic mass is 79.9. The van der Waals surface area contributed by atoms with E-state index in [2.05, 4.69) is 25.9 Å². The summed E-state index contributed by atoms with van der Waals surface area (Å²) in [5.74, 6) is 0.277. The molecule has 0 aliphatic carbocycles. The third kappa shape index (κ3) is 3.58. The Balaban J connectivity index is 2.17. The van der Waals surface area contributed by atoms with Crippen molar-refractivity contribution < 1.29 is 9.90 Å². The van der Waals surface area contributed by atoms with Crippen LogP contribution in [0.25, 0.3) is 0 Å². The summed E-state index contributed by atoms with van der Waals surface area (Å²) in [6.07, 6.45) is 0. The van der Waals surface area contributed by atoms with Crippen molar-refractivity contribution >= 4 is 33.7 Å². The fraction of sp³-hybridized carbons (Fsp3) is 0.214. The molecule has 0 fully saturated rings. The molecule has 0 atom stereocenters. The summed E-state index contributed by atoms with van der Waals surface area (Å²) in [5, 5.41) is 9.09. The van der Waals surface area contributed by atoms with Crippen molar-refractivity contribution in [2.75, 3.05) is 0 Å². The van der Waals surface area contributed by atoms with E-state index in [1.54, 1.807) is 25.6 Å². The summed E-state index contributed by atoms with van der Waals surface area (Å²) in [5.41, 5.74) is 1.21. The lowest BCUT2D eigenvalue weighted by molar-refractivity contribution is 0.0694. The minimum absolute atomic E-state index is 0.196. The Hall–Kier alpha value is -1.40. The first-order chi connectivity index (χ1) is 9.47. The predicted octanol–water partition coefficient (Wildman–Crippen LogP) is 3.85. The highest BCUT2D eigenvalue weighted by molar-refractivity contribution is 9.10. The molecule has 0 spiro atoms. The lowest BCUT2D eigenvalue weighted by atomic mass is 10.2. The monoisotopic (exact) mass is 352 g/mol. The van der Waals surface area contributed by atoms with E-state index in [0.717, 1.165) is 9.37 Å². The van der Waals surface area contributed by atoms with Gasteiger partial charge < -0.3 is 5.11 Å². The van der Waals surface area contributed by atoms with Crippen LogP contribution in [0.5, 0.6) is 0 Å². The normalized spacial score (nSPS) is 10.6. The molecule has 1 aromatic heterocycles. The van der Waals surface area contributed by atoms with E-state index in [-0.39, 0.29) is 5.56 Å². The number of halogens is 1. The summed E-state index contributed by atoms with van der Waals surface area (Å²) in [6.45, 7) is 3.40. The Morgan fingerprint density at radius 1 is 1.30 bits per heavy atom. The SMILES string of the molecule is Cc1nc(CSc2cccc(Br)c2)nc(C)c1C(=O)O. The molecular formula is C14H13BrN2O2S. The second-order valence-corrected chi connectivity index (χ2v) is 6.20. The Bertz CT molecular complexity index is 638. The number of carboxylic acid groups (broad SMARTS) is 1. The van der Waals surface area contributed by atoms with E-state index < -0.39 is 5.97 Å². The van der Waals surface area contributed by atoms with Crippen molar-refractivity contribution in [3.05, 3.63) is 51.5 Å².